The lowest BCUT2D eigenvalue weighted by Gasteiger charge is -2.08. The Morgan fingerprint density at radius 1 is 1.44 bits per heavy atom. The van der Waals surface area contributed by atoms with Crippen molar-refractivity contribution in [1.82, 2.24) is 0 Å². The molecule has 1 aromatic carbocycles. The van der Waals surface area contributed by atoms with Gasteiger partial charge in [0, 0.05) is 10.7 Å². The van der Waals surface area contributed by atoms with E-state index in [9.17, 15) is 13.2 Å². The van der Waals surface area contributed by atoms with Gasteiger partial charge in [0.2, 0.25) is 0 Å². The third kappa shape index (κ3) is 2.58. The van der Waals surface area contributed by atoms with Crippen LogP contribution in [-0.4, -0.2) is 21.4 Å². The molecule has 0 aliphatic rings. The highest BCUT2D eigenvalue weighted by Crippen LogP contribution is 2.32. The van der Waals surface area contributed by atoms with Crippen LogP contribution in [0, 0.1) is 0 Å². The van der Waals surface area contributed by atoms with E-state index in [1.54, 1.807) is 0 Å². The zero-order chi connectivity index (χ0) is 12.5. The van der Waals surface area contributed by atoms with Gasteiger partial charge in [-0.2, -0.15) is 0 Å². The number of halogens is 2. The molecule has 0 heterocycles. The first-order valence-electron chi connectivity index (χ1n) is 3.89. The van der Waals surface area contributed by atoms with Crippen molar-refractivity contribution in [2.75, 3.05) is 7.11 Å². The molecule has 0 bridgehead atoms. The predicted molar refractivity (Wildman–Crippen MR) is 59.6 cm³/mol. The maximum atomic E-state index is 11.1. The second kappa shape index (κ2) is 4.48. The summed E-state index contributed by atoms with van der Waals surface area (Å²) in [5.74, 6) is -0.848. The van der Waals surface area contributed by atoms with E-state index in [1.165, 1.54) is 7.11 Å². The van der Waals surface area contributed by atoms with Crippen molar-refractivity contribution in [2.45, 2.75) is 4.90 Å². The van der Waals surface area contributed by atoms with Crippen molar-refractivity contribution in [3.63, 3.8) is 0 Å². The summed E-state index contributed by atoms with van der Waals surface area (Å²) >= 11 is 5.73. The summed E-state index contributed by atoms with van der Waals surface area (Å²) in [6.07, 6.45) is 0. The molecular weight excluding hydrogens is 277 g/mol. The number of amides is 1. The van der Waals surface area contributed by atoms with E-state index < -0.39 is 15.0 Å². The van der Waals surface area contributed by atoms with Crippen LogP contribution >= 0.6 is 22.3 Å². The zero-order valence-corrected chi connectivity index (χ0v) is 10.4. The van der Waals surface area contributed by atoms with Crippen molar-refractivity contribution >= 4 is 37.2 Å². The number of benzene rings is 1. The summed E-state index contributed by atoms with van der Waals surface area (Å²) in [6.45, 7) is 0. The Kier molecular flexibility index (Phi) is 3.67. The molecule has 0 aliphatic heterocycles. The first-order valence-corrected chi connectivity index (χ1v) is 6.58. The number of methoxy groups -OCH3 is 1. The molecule has 1 amide bonds. The highest BCUT2D eigenvalue weighted by atomic mass is 35.7. The minimum absolute atomic E-state index is 0.0123. The normalized spacial score (nSPS) is 11.2. The van der Waals surface area contributed by atoms with Crippen LogP contribution in [0.1, 0.15) is 10.4 Å². The van der Waals surface area contributed by atoms with Crippen molar-refractivity contribution in [1.29, 1.82) is 0 Å². The molecule has 0 unspecified atom stereocenters. The van der Waals surface area contributed by atoms with Gasteiger partial charge in [-0.25, -0.2) is 8.42 Å². The Bertz CT molecular complexity index is 541. The van der Waals surface area contributed by atoms with Crippen molar-refractivity contribution in [3.05, 3.63) is 22.7 Å². The Morgan fingerprint density at radius 2 is 2.00 bits per heavy atom. The van der Waals surface area contributed by atoms with Gasteiger partial charge < -0.3 is 10.5 Å². The average molecular weight is 284 g/mol. The van der Waals surface area contributed by atoms with Gasteiger partial charge in [-0.1, -0.05) is 11.6 Å². The number of carbonyl (C=O) groups excluding carboxylic acids is 1. The van der Waals surface area contributed by atoms with Crippen molar-refractivity contribution in [3.8, 4) is 5.75 Å². The smallest absolute Gasteiger partial charge is 0.261 e. The summed E-state index contributed by atoms with van der Waals surface area (Å²) < 4.78 is 27.0. The maximum Gasteiger partial charge on any atom is 0.261 e. The third-order valence-electron chi connectivity index (χ3n) is 1.77. The first-order chi connectivity index (χ1) is 7.27. The fraction of sp³-hybridized carbons (Fsp3) is 0.125. The molecule has 1 rings (SSSR count). The summed E-state index contributed by atoms with van der Waals surface area (Å²) in [5.41, 5.74) is 4.91. The van der Waals surface area contributed by atoms with Gasteiger partial charge in [0.15, 0.2) is 0 Å². The predicted octanol–water partition coefficient (Wildman–Crippen LogP) is 1.38. The number of hydrogen-bond acceptors (Lipinski definition) is 4. The van der Waals surface area contributed by atoms with Crippen molar-refractivity contribution in [2.24, 2.45) is 5.73 Å². The molecule has 0 saturated carbocycles. The molecule has 2 N–H and O–H groups in total. The summed E-state index contributed by atoms with van der Waals surface area (Å²) in [7, 11) is 2.42. The topological polar surface area (TPSA) is 86.5 Å². The molecule has 8 heteroatoms. The molecule has 1 aromatic rings. The molecule has 16 heavy (non-hydrogen) atoms. The van der Waals surface area contributed by atoms with E-state index in [4.69, 9.17) is 32.8 Å². The molecule has 0 atom stereocenters. The standard InChI is InChI=1S/C8H7Cl2NO4S/c1-15-7-5(8(11)12)2-4(3-6(7)9)16(10,13)14/h2-3H,1H3,(H2,11,12). The minimum Gasteiger partial charge on any atom is -0.494 e. The molecule has 0 radical (unpaired) electrons. The molecule has 0 spiro atoms. The number of primary amides is 1. The van der Waals surface area contributed by atoms with E-state index >= 15 is 0 Å². The minimum atomic E-state index is -3.98. The van der Waals surface area contributed by atoms with E-state index in [0.29, 0.717) is 0 Å². The van der Waals surface area contributed by atoms with Crippen LogP contribution < -0.4 is 10.5 Å². The first kappa shape index (κ1) is 13.1. The van der Waals surface area contributed by atoms with Gasteiger partial charge in [0.05, 0.1) is 22.6 Å². The number of hydrogen-bond donors (Lipinski definition) is 1. The lowest BCUT2D eigenvalue weighted by molar-refractivity contribution is 0.0997. The summed E-state index contributed by atoms with van der Waals surface area (Å²) in [5, 5.41) is -0.0574. The Hall–Kier alpha value is -0.980. The van der Waals surface area contributed by atoms with Gasteiger partial charge >= 0.3 is 0 Å². The quantitative estimate of drug-likeness (QED) is 0.849. The summed E-state index contributed by atoms with van der Waals surface area (Å²) in [4.78, 5) is 10.7. The van der Waals surface area contributed by atoms with Gasteiger partial charge in [0.1, 0.15) is 5.75 Å². The monoisotopic (exact) mass is 283 g/mol. The van der Waals surface area contributed by atoms with E-state index in [-0.39, 0.29) is 21.2 Å². The van der Waals surface area contributed by atoms with Crippen molar-refractivity contribution < 1.29 is 17.9 Å². The second-order valence-corrected chi connectivity index (χ2v) is 5.76. The molecule has 0 saturated heterocycles. The zero-order valence-electron chi connectivity index (χ0n) is 8.03. The van der Waals surface area contributed by atoms with Gasteiger partial charge in [-0.05, 0) is 12.1 Å². The molecule has 0 aliphatic carbocycles. The second-order valence-electron chi connectivity index (χ2n) is 2.79. The number of carbonyl (C=O) groups is 1. The van der Waals surface area contributed by atoms with Crippen LogP contribution in [0.3, 0.4) is 0 Å². The molecule has 5 nitrogen and oxygen atoms in total. The van der Waals surface area contributed by atoms with Gasteiger partial charge in [-0.15, -0.1) is 0 Å². The van der Waals surface area contributed by atoms with Crippen LogP contribution in [0.2, 0.25) is 5.02 Å². The van der Waals surface area contributed by atoms with E-state index in [2.05, 4.69) is 0 Å². The van der Waals surface area contributed by atoms with E-state index in [0.717, 1.165) is 12.1 Å². The maximum absolute atomic E-state index is 11.1. The average Bonchev–Trinajstić information content (AvgIpc) is 2.14. The van der Waals surface area contributed by atoms with Crippen LogP contribution in [0.15, 0.2) is 17.0 Å². The number of rotatable bonds is 3. The highest BCUT2D eigenvalue weighted by Gasteiger charge is 2.19. The summed E-state index contributed by atoms with van der Waals surface area (Å²) in [6, 6.07) is 2.09. The number of ether oxygens (including phenoxy) is 1. The van der Waals surface area contributed by atoms with Crippen LogP contribution in [0.5, 0.6) is 5.75 Å². The Labute approximate surface area is 102 Å². The van der Waals surface area contributed by atoms with Crippen LogP contribution in [0.4, 0.5) is 0 Å². The third-order valence-corrected chi connectivity index (χ3v) is 3.38. The molecular formula is C8H7Cl2NO4S. The largest absolute Gasteiger partial charge is 0.494 e. The molecule has 88 valence electrons. The lowest BCUT2D eigenvalue weighted by Crippen LogP contribution is -2.13. The SMILES string of the molecule is COc1c(Cl)cc(S(=O)(=O)Cl)cc1C(N)=O. The highest BCUT2D eigenvalue weighted by molar-refractivity contribution is 8.13. The van der Waals surface area contributed by atoms with Crippen LogP contribution in [-0.2, 0) is 9.05 Å². The Balaban J connectivity index is 3.59. The lowest BCUT2D eigenvalue weighted by atomic mass is 10.2. The molecule has 0 fully saturated rings. The fourth-order valence-electron chi connectivity index (χ4n) is 1.10. The number of nitrogens with two attached hydrogens (primary N) is 1. The van der Waals surface area contributed by atoms with E-state index in [1.807, 2.05) is 0 Å². The Morgan fingerprint density at radius 3 is 2.38 bits per heavy atom. The fourth-order valence-corrected chi connectivity index (χ4v) is 2.25. The van der Waals surface area contributed by atoms with Gasteiger partial charge in [-0.3, -0.25) is 4.79 Å². The molecule has 0 aromatic heterocycles. The van der Waals surface area contributed by atoms with Gasteiger partial charge in [0.25, 0.3) is 15.0 Å². The van der Waals surface area contributed by atoms with Crippen LogP contribution in [0.25, 0.3) is 0 Å².